The molecule has 16 heteroatoms. The van der Waals surface area contributed by atoms with E-state index in [1.54, 1.807) is 37.4 Å². The lowest BCUT2D eigenvalue weighted by molar-refractivity contribution is -0.155. The number of likely N-dealkylation sites (tertiary alicyclic amines) is 1. The van der Waals surface area contributed by atoms with Crippen molar-refractivity contribution in [2.75, 3.05) is 46.9 Å². The number of ether oxygens (including phenoxy) is 2. The van der Waals surface area contributed by atoms with E-state index < -0.39 is 47.2 Å². The normalized spacial score (nSPS) is 23.9. The molecule has 2 aromatic heterocycles. The van der Waals surface area contributed by atoms with Gasteiger partial charge in [0.2, 0.25) is 17.7 Å². The lowest BCUT2D eigenvalue weighted by atomic mass is 9.84. The highest BCUT2D eigenvalue weighted by Crippen LogP contribution is 2.42. The number of aromatic nitrogens is 2. The van der Waals surface area contributed by atoms with Gasteiger partial charge in [0.1, 0.15) is 29.8 Å². The third-order valence-corrected chi connectivity index (χ3v) is 15.1. The number of esters is 1. The van der Waals surface area contributed by atoms with Crippen molar-refractivity contribution in [3.8, 4) is 28.1 Å². The number of hydrogen-bond donors (Lipinski definition) is 4. The van der Waals surface area contributed by atoms with Crippen LogP contribution >= 0.6 is 0 Å². The minimum atomic E-state index is -1.16. The molecule has 4 aromatic rings. The first kappa shape index (κ1) is 48.2. The van der Waals surface area contributed by atoms with Crippen molar-refractivity contribution in [1.29, 1.82) is 0 Å². The van der Waals surface area contributed by atoms with E-state index >= 15 is 0 Å². The van der Waals surface area contributed by atoms with Crippen LogP contribution in [-0.2, 0) is 52.8 Å². The van der Waals surface area contributed by atoms with Crippen LogP contribution in [0.25, 0.3) is 33.3 Å². The van der Waals surface area contributed by atoms with E-state index in [1.807, 2.05) is 25.1 Å². The van der Waals surface area contributed by atoms with Gasteiger partial charge in [0.15, 0.2) is 0 Å². The first-order chi connectivity index (χ1) is 33.1. The highest BCUT2D eigenvalue weighted by molar-refractivity contribution is 6.03. The van der Waals surface area contributed by atoms with Gasteiger partial charge in [-0.15, -0.1) is 0 Å². The number of phenols is 1. The molecule has 4 aliphatic heterocycles. The number of fused-ring (bicyclic) bond motifs is 6. The van der Waals surface area contributed by atoms with E-state index in [1.165, 1.54) is 9.91 Å². The van der Waals surface area contributed by atoms with E-state index in [0.29, 0.717) is 50.9 Å². The fraction of sp³-hybridized carbons (Fsp3) is 0.547. The van der Waals surface area contributed by atoms with Gasteiger partial charge in [0, 0.05) is 87.4 Å². The predicted molar refractivity (Wildman–Crippen MR) is 260 cm³/mol. The molecule has 1 saturated carbocycles. The number of carbonyl (C=O) groups excluding carboxylic acids is 5. The summed E-state index contributed by atoms with van der Waals surface area (Å²) in [6.45, 7) is 11.2. The van der Waals surface area contributed by atoms with Crippen molar-refractivity contribution in [1.82, 2.24) is 40.4 Å². The highest BCUT2D eigenvalue weighted by Gasteiger charge is 2.45. The van der Waals surface area contributed by atoms with Gasteiger partial charge < -0.3 is 39.6 Å². The molecule has 368 valence electrons. The van der Waals surface area contributed by atoms with E-state index in [-0.39, 0.29) is 55.2 Å². The van der Waals surface area contributed by atoms with Crippen LogP contribution in [0.2, 0.25) is 0 Å². The molecule has 2 aromatic carbocycles. The number of likely N-dealkylation sites (N-methyl/N-ethyl adjacent to an activating group) is 1. The fourth-order valence-electron chi connectivity index (χ4n) is 11.3. The molecule has 9 rings (SSSR count). The Morgan fingerprint density at radius 2 is 1.80 bits per heavy atom. The number of carbonyl (C=O) groups is 5. The quantitative estimate of drug-likeness (QED) is 0.0867. The van der Waals surface area contributed by atoms with Gasteiger partial charge >= 0.3 is 5.97 Å². The lowest BCUT2D eigenvalue weighted by Crippen LogP contribution is -2.62. The van der Waals surface area contributed by atoms with Crippen molar-refractivity contribution in [3.63, 3.8) is 0 Å². The Labute approximate surface area is 404 Å². The molecule has 5 aliphatic rings. The number of phenolic OH excluding ortho intramolecular Hbond substituents is 1. The minimum absolute atomic E-state index is 0.000894. The second-order valence-corrected chi connectivity index (χ2v) is 20.7. The number of cyclic esters (lactones) is 1. The highest BCUT2D eigenvalue weighted by atomic mass is 16.5. The summed E-state index contributed by atoms with van der Waals surface area (Å²) in [5.74, 6) is -3.06. The molecule has 1 unspecified atom stereocenters. The molecule has 0 radical (unpaired) electrons. The zero-order chi connectivity index (χ0) is 48.7. The van der Waals surface area contributed by atoms with Crippen LogP contribution in [-0.4, -0.2) is 130 Å². The maximum Gasteiger partial charge on any atom is 0.324 e. The average Bonchev–Trinajstić information content (AvgIpc) is 3.71. The van der Waals surface area contributed by atoms with E-state index in [0.717, 1.165) is 76.8 Å². The molecular formula is C53H68N8O8. The molecule has 16 nitrogen and oxygen atoms in total. The van der Waals surface area contributed by atoms with Crippen molar-refractivity contribution < 1.29 is 38.6 Å². The van der Waals surface area contributed by atoms with Crippen LogP contribution in [0.5, 0.6) is 5.75 Å². The summed E-state index contributed by atoms with van der Waals surface area (Å²) in [6.07, 6.45) is 6.63. The third kappa shape index (κ3) is 9.98. The molecule has 3 saturated heterocycles. The number of nitrogens with one attached hydrogen (secondary N) is 3. The van der Waals surface area contributed by atoms with Crippen molar-refractivity contribution in [2.24, 2.45) is 17.3 Å². The largest absolute Gasteiger partial charge is 0.508 e. The number of benzene rings is 2. The zero-order valence-electron chi connectivity index (χ0n) is 40.9. The second kappa shape index (κ2) is 19.9. The lowest BCUT2D eigenvalue weighted by Gasteiger charge is -2.37. The van der Waals surface area contributed by atoms with Crippen LogP contribution in [0.1, 0.15) is 95.6 Å². The minimum Gasteiger partial charge on any atom is -0.508 e. The number of aromatic hydroxyl groups is 1. The number of hydrogen-bond acceptors (Lipinski definition) is 11. The number of hydrazine groups is 1. The standard InChI is InChI=1S/C53H68N8O8/c1-7-60-44-17-16-34-26-40(44)41(47(60)38-14-10-19-54-45(38)31(2)68-6)27-53(3,4)30-69-52(67)42-15-11-20-61(57-42)51(66)43(24-32-22-35(34)25-37(62)23-32)56-48(63)46(33-12-8-9-13-33)58(5)49(64)39-18-21-59(50(39)65)29-36-28-55-36/h10,14,16-17,19,22-23,25-26,31,33,36,39,42-43,46,55,57,62H,7-9,11-13,15,18,20-21,24,27-30H2,1-6H3,(H,56,63)/t31-,36+,39+,42-,43-,46?/m0/s1. The van der Waals surface area contributed by atoms with Gasteiger partial charge in [0.25, 0.3) is 5.91 Å². The number of nitrogens with zero attached hydrogens (tertiary/aromatic N) is 5. The number of methoxy groups -OCH3 is 1. The first-order valence-corrected chi connectivity index (χ1v) is 24.9. The molecular weight excluding hydrogens is 877 g/mol. The van der Waals surface area contributed by atoms with Gasteiger partial charge in [-0.3, -0.25) is 34.0 Å². The van der Waals surface area contributed by atoms with Gasteiger partial charge in [0.05, 0.1) is 24.1 Å². The molecule has 69 heavy (non-hydrogen) atoms. The topological polar surface area (TPSA) is 198 Å². The Morgan fingerprint density at radius 3 is 2.54 bits per heavy atom. The summed E-state index contributed by atoms with van der Waals surface area (Å²) in [4.78, 5) is 79.6. The van der Waals surface area contributed by atoms with Crippen LogP contribution in [0.3, 0.4) is 0 Å². The second-order valence-electron chi connectivity index (χ2n) is 20.7. The molecule has 1 aliphatic carbocycles. The monoisotopic (exact) mass is 945 g/mol. The number of amides is 4. The summed E-state index contributed by atoms with van der Waals surface area (Å²) in [6, 6.07) is 12.9. The fourth-order valence-corrected chi connectivity index (χ4v) is 11.3. The van der Waals surface area contributed by atoms with Gasteiger partial charge in [-0.05, 0) is 117 Å². The number of rotatable bonds is 11. The van der Waals surface area contributed by atoms with E-state index in [9.17, 15) is 29.1 Å². The van der Waals surface area contributed by atoms with E-state index in [2.05, 4.69) is 59.6 Å². The first-order valence-electron chi connectivity index (χ1n) is 24.9. The molecule has 6 atom stereocenters. The van der Waals surface area contributed by atoms with Crippen LogP contribution < -0.4 is 16.1 Å². The Kier molecular flexibility index (Phi) is 13.9. The summed E-state index contributed by atoms with van der Waals surface area (Å²) in [5, 5.41) is 20.1. The van der Waals surface area contributed by atoms with Gasteiger partial charge in [-0.25, -0.2) is 5.43 Å². The predicted octanol–water partition coefficient (Wildman–Crippen LogP) is 5.29. The van der Waals surface area contributed by atoms with Crippen molar-refractivity contribution in [2.45, 2.75) is 122 Å². The van der Waals surface area contributed by atoms with Crippen molar-refractivity contribution >= 4 is 40.5 Å². The van der Waals surface area contributed by atoms with Crippen molar-refractivity contribution in [3.05, 3.63) is 71.5 Å². The van der Waals surface area contributed by atoms with Gasteiger partial charge in [-0.2, -0.15) is 0 Å². The van der Waals surface area contributed by atoms with Gasteiger partial charge in [-0.1, -0.05) is 38.8 Å². The smallest absolute Gasteiger partial charge is 0.324 e. The average molecular weight is 945 g/mol. The maximum absolute atomic E-state index is 14.9. The molecule has 4 amide bonds. The Hall–Kier alpha value is -5.84. The van der Waals surface area contributed by atoms with E-state index in [4.69, 9.17) is 14.5 Å². The maximum atomic E-state index is 14.9. The van der Waals surface area contributed by atoms with Crippen LogP contribution in [0.4, 0.5) is 0 Å². The molecule has 6 bridgehead atoms. The molecule has 4 fully saturated rings. The molecule has 4 N–H and O–H groups in total. The summed E-state index contributed by atoms with van der Waals surface area (Å²) >= 11 is 0. The Bertz CT molecular complexity index is 2620. The van der Waals surface area contributed by atoms with Crippen LogP contribution in [0.15, 0.2) is 54.7 Å². The summed E-state index contributed by atoms with van der Waals surface area (Å²) in [5.41, 5.74) is 9.62. The summed E-state index contributed by atoms with van der Waals surface area (Å²) < 4.78 is 14.3. The Morgan fingerprint density at radius 1 is 1.01 bits per heavy atom. The number of pyridine rings is 1. The number of aryl methyl sites for hydroxylation is 1. The summed E-state index contributed by atoms with van der Waals surface area (Å²) in [7, 11) is 3.28. The zero-order valence-corrected chi connectivity index (χ0v) is 40.9. The third-order valence-electron chi connectivity index (χ3n) is 15.1. The molecule has 6 heterocycles. The van der Waals surface area contributed by atoms with Crippen LogP contribution in [0, 0.1) is 17.3 Å². The molecule has 0 spiro atoms. The Balaban J connectivity index is 1.10. The SMILES string of the molecule is CCn1c(-c2cccnc2[C@H](C)OC)c2c3cc(ccc31)-c1cc(O)cc(c1)C[C@H](NC(=O)C(C1CCCC1)N(C)C(=O)[C@H]1CCN(C[C@H]3CN3)C1=O)C(=O)N1CCC[C@H](N1)C(=O)OCC(C)(C)C2.